The molecule has 0 aliphatic carbocycles. The summed E-state index contributed by atoms with van der Waals surface area (Å²) in [6.45, 7) is 8.84. The lowest BCUT2D eigenvalue weighted by atomic mass is 9.87. The highest BCUT2D eigenvalue weighted by Gasteiger charge is 2.37. The van der Waals surface area contributed by atoms with E-state index in [1.807, 2.05) is 6.92 Å². The molecule has 2 rings (SSSR count). The minimum absolute atomic E-state index is 0.197. The molecule has 12 unspecified atom stereocenters. The first-order valence-electron chi connectivity index (χ1n) is 18.8. The molecule has 1 fully saturated rings. The number of aliphatic hydroxyl groups is 10. The molecule has 14 nitrogen and oxygen atoms in total. The second kappa shape index (κ2) is 28.1. The van der Waals surface area contributed by atoms with Gasteiger partial charge in [-0.05, 0) is 45.1 Å². The zero-order valence-corrected chi connectivity index (χ0v) is 31.5. The normalized spacial score (nSPS) is 37.9. The van der Waals surface area contributed by atoms with Crippen molar-refractivity contribution in [2.45, 2.75) is 146 Å². The van der Waals surface area contributed by atoms with Gasteiger partial charge >= 0.3 is 5.97 Å². The fourth-order valence-corrected chi connectivity index (χ4v) is 5.81. The van der Waals surface area contributed by atoms with Crippen molar-refractivity contribution in [2.75, 3.05) is 26.3 Å². The molecule has 0 aromatic rings. The topological polar surface area (TPSA) is 250 Å². The lowest BCUT2D eigenvalue weighted by molar-refractivity contribution is -0.168. The maximum Gasteiger partial charge on any atom is 0.314 e. The molecular formula is C39H67NO13. The number of carbonyl (C=O) groups is 1. The van der Waals surface area contributed by atoms with Gasteiger partial charge in [0.2, 0.25) is 0 Å². The molecule has 2 heterocycles. The predicted octanol–water partition coefficient (Wildman–Crippen LogP) is 0.465. The number of nitrogens with one attached hydrogen (secondary N) is 1. The smallest absolute Gasteiger partial charge is 0.314 e. The molecule has 0 radical (unpaired) electrons. The van der Waals surface area contributed by atoms with Gasteiger partial charge in [-0.3, -0.25) is 4.79 Å². The molecule has 53 heavy (non-hydrogen) atoms. The Balaban J connectivity index is 0.00000211. The summed E-state index contributed by atoms with van der Waals surface area (Å²) >= 11 is 0. The van der Waals surface area contributed by atoms with Crippen molar-refractivity contribution < 1.29 is 65.3 Å². The molecule has 0 spiro atoms. The molecular weight excluding hydrogens is 690 g/mol. The van der Waals surface area contributed by atoms with Crippen molar-refractivity contribution in [3.63, 3.8) is 0 Å². The average Bonchev–Trinajstić information content (AvgIpc) is 3.10. The zero-order valence-electron chi connectivity index (χ0n) is 31.5. The molecule has 2 aliphatic rings. The summed E-state index contributed by atoms with van der Waals surface area (Å²) < 4.78 is 10.4. The van der Waals surface area contributed by atoms with E-state index in [2.05, 4.69) is 5.32 Å². The first-order chi connectivity index (χ1) is 25.2. The van der Waals surface area contributed by atoms with Crippen LogP contribution in [-0.4, -0.2) is 150 Å². The van der Waals surface area contributed by atoms with Crippen molar-refractivity contribution in [3.8, 4) is 0 Å². The quantitative estimate of drug-likeness (QED) is 0.135. The molecule has 1 saturated heterocycles. The van der Waals surface area contributed by atoms with E-state index in [4.69, 9.17) is 9.47 Å². The number of ether oxygens (including phenoxy) is 2. The number of cyclic esters (lactones) is 1. The molecule has 0 amide bonds. The summed E-state index contributed by atoms with van der Waals surface area (Å²) in [4.78, 5) is 13.1. The van der Waals surface area contributed by atoms with Crippen LogP contribution in [0.25, 0.3) is 0 Å². The molecule has 11 N–H and O–H groups in total. The molecule has 306 valence electrons. The maximum atomic E-state index is 13.1. The third kappa shape index (κ3) is 21.4. The van der Waals surface area contributed by atoms with Gasteiger partial charge in [0.1, 0.15) is 30.3 Å². The zero-order chi connectivity index (χ0) is 39.8. The van der Waals surface area contributed by atoms with Gasteiger partial charge in [-0.1, -0.05) is 80.9 Å². The number of unbranched alkanes of at least 4 members (excludes halogenated alkanes) is 2. The van der Waals surface area contributed by atoms with Crippen LogP contribution in [0.3, 0.4) is 0 Å². The van der Waals surface area contributed by atoms with Crippen LogP contribution in [0, 0.1) is 5.92 Å². The lowest BCUT2D eigenvalue weighted by Crippen LogP contribution is -2.43. The van der Waals surface area contributed by atoms with Gasteiger partial charge in [-0.2, -0.15) is 0 Å². The Morgan fingerprint density at radius 1 is 0.736 bits per heavy atom. The lowest BCUT2D eigenvalue weighted by Gasteiger charge is -2.30. The second-order valence-electron chi connectivity index (χ2n) is 13.9. The van der Waals surface area contributed by atoms with Crippen LogP contribution in [-0.2, 0) is 14.3 Å². The number of allylic oxidation sites excluding steroid dienone is 8. The number of hydrogen-bond acceptors (Lipinski definition) is 14. The van der Waals surface area contributed by atoms with Crippen LogP contribution in [0.4, 0.5) is 0 Å². The number of carbonyl (C=O) groups excluding carboxylic acids is 1. The average molecular weight is 758 g/mol. The number of esters is 1. The third-order valence-corrected chi connectivity index (χ3v) is 9.01. The highest BCUT2D eigenvalue weighted by Crippen LogP contribution is 2.24. The van der Waals surface area contributed by atoms with Gasteiger partial charge in [0.25, 0.3) is 0 Å². The van der Waals surface area contributed by atoms with Crippen molar-refractivity contribution in [2.24, 2.45) is 5.92 Å². The van der Waals surface area contributed by atoms with Gasteiger partial charge in [0, 0.05) is 25.9 Å². The Morgan fingerprint density at radius 2 is 1.25 bits per heavy atom. The van der Waals surface area contributed by atoms with Gasteiger partial charge < -0.3 is 65.9 Å². The van der Waals surface area contributed by atoms with E-state index in [0.717, 1.165) is 39.1 Å². The van der Waals surface area contributed by atoms with Gasteiger partial charge in [0.15, 0.2) is 0 Å². The van der Waals surface area contributed by atoms with Crippen molar-refractivity contribution in [3.05, 3.63) is 60.3 Å². The number of aliphatic hydroxyl groups excluding tert-OH is 10. The largest absolute Gasteiger partial charge is 0.459 e. The maximum absolute atomic E-state index is 13.1. The van der Waals surface area contributed by atoms with Crippen molar-refractivity contribution >= 4 is 5.97 Å². The first kappa shape index (κ1) is 48.7. The van der Waals surface area contributed by atoms with Crippen LogP contribution < -0.4 is 5.32 Å². The summed E-state index contributed by atoms with van der Waals surface area (Å²) in [6.07, 6.45) is 0.559. The SMILES string of the molecule is C1COCCN1.CCCCCC(O)C1C(=O)OC(C)C(O)/C=C/C=C/C=C/C=C/C=C(\C)C(O)C(O)C(O)CC(O)CC(O)CC(O)CC(O)CC1O. The van der Waals surface area contributed by atoms with E-state index < -0.39 is 85.5 Å². The number of rotatable bonds is 5. The van der Waals surface area contributed by atoms with E-state index in [9.17, 15) is 55.9 Å². The van der Waals surface area contributed by atoms with Crippen molar-refractivity contribution in [1.29, 1.82) is 0 Å². The van der Waals surface area contributed by atoms with Gasteiger partial charge in [-0.25, -0.2) is 0 Å². The summed E-state index contributed by atoms with van der Waals surface area (Å²) in [5, 5.41) is 108. The van der Waals surface area contributed by atoms with Crippen LogP contribution in [0.2, 0.25) is 0 Å². The number of morpholine rings is 1. The second-order valence-corrected chi connectivity index (χ2v) is 13.9. The highest BCUT2D eigenvalue weighted by atomic mass is 16.6. The van der Waals surface area contributed by atoms with E-state index in [1.54, 1.807) is 55.5 Å². The van der Waals surface area contributed by atoms with E-state index in [1.165, 1.54) is 13.0 Å². The molecule has 14 heteroatoms. The third-order valence-electron chi connectivity index (χ3n) is 9.01. The van der Waals surface area contributed by atoms with Crippen LogP contribution >= 0.6 is 0 Å². The molecule has 0 bridgehead atoms. The predicted molar refractivity (Wildman–Crippen MR) is 200 cm³/mol. The van der Waals surface area contributed by atoms with Crippen LogP contribution in [0.5, 0.6) is 0 Å². The van der Waals surface area contributed by atoms with E-state index in [0.29, 0.717) is 12.0 Å². The molecule has 0 aromatic carbocycles. The summed E-state index contributed by atoms with van der Waals surface area (Å²) in [5.74, 6) is -2.37. The Labute approximate surface area is 314 Å². The summed E-state index contributed by atoms with van der Waals surface area (Å²) in [7, 11) is 0. The Hall–Kier alpha value is -2.31. The monoisotopic (exact) mass is 757 g/mol. The number of hydrogen-bond donors (Lipinski definition) is 11. The van der Waals surface area contributed by atoms with Crippen molar-refractivity contribution in [1.82, 2.24) is 5.32 Å². The molecule has 2 aliphatic heterocycles. The molecule has 0 aromatic heterocycles. The minimum Gasteiger partial charge on any atom is -0.459 e. The fourth-order valence-electron chi connectivity index (χ4n) is 5.81. The van der Waals surface area contributed by atoms with E-state index >= 15 is 0 Å². The first-order valence-corrected chi connectivity index (χ1v) is 18.8. The molecule has 12 atom stereocenters. The Morgan fingerprint density at radius 3 is 1.75 bits per heavy atom. The standard InChI is InChI=1S/C35H58O12.C4H9NO/c1-4-5-11-16-29(41)32-30(42)20-26(38)18-24(36)17-25(37)19-27(39)21-31(43)34(45)33(44)22(2)14-12-9-7-6-8-10-13-15-28(40)23(3)47-35(32)46;1-3-6-4-2-5-1/h6-10,12-15,23-34,36-45H,4-5,11,16-21H2,1-3H3;5H,1-4H2/b7-6+,10-8+,12-9+,15-13+,22-14+;. The minimum atomic E-state index is -1.61. The fraction of sp³-hybridized carbons (Fsp3) is 0.718. The molecule has 0 saturated carbocycles. The highest BCUT2D eigenvalue weighted by molar-refractivity contribution is 5.74. The summed E-state index contributed by atoms with van der Waals surface area (Å²) in [5.41, 5.74) is 0.357. The summed E-state index contributed by atoms with van der Waals surface area (Å²) in [6, 6.07) is 0. The van der Waals surface area contributed by atoms with E-state index in [-0.39, 0.29) is 32.1 Å². The van der Waals surface area contributed by atoms with Gasteiger partial charge in [-0.15, -0.1) is 0 Å². The van der Waals surface area contributed by atoms with Crippen LogP contribution in [0.1, 0.15) is 78.6 Å². The Bertz CT molecular complexity index is 1110. The van der Waals surface area contributed by atoms with Crippen LogP contribution in [0.15, 0.2) is 60.3 Å². The van der Waals surface area contributed by atoms with Gasteiger partial charge in [0.05, 0.1) is 55.9 Å². The Kier molecular flexibility index (Phi) is 25.9.